The van der Waals surface area contributed by atoms with Crippen LogP contribution in [0.15, 0.2) is 48.5 Å². The Labute approximate surface area is 158 Å². The van der Waals surface area contributed by atoms with Gasteiger partial charge in [-0.05, 0) is 47.6 Å². The highest BCUT2D eigenvalue weighted by molar-refractivity contribution is 5.76. The molecule has 3 aromatic rings. The number of rotatable bonds is 4. The molecule has 3 nitrogen and oxygen atoms in total. The van der Waals surface area contributed by atoms with E-state index in [9.17, 15) is 8.78 Å². The third-order valence-electron chi connectivity index (χ3n) is 6.18. The Morgan fingerprint density at radius 1 is 1.22 bits per heavy atom. The van der Waals surface area contributed by atoms with Gasteiger partial charge in [0.05, 0.1) is 11.0 Å². The van der Waals surface area contributed by atoms with E-state index in [1.807, 2.05) is 18.2 Å². The first-order chi connectivity index (χ1) is 13.0. The van der Waals surface area contributed by atoms with Gasteiger partial charge in [0.25, 0.3) is 6.43 Å². The van der Waals surface area contributed by atoms with Gasteiger partial charge in [-0.2, -0.15) is 0 Å². The number of hydrogen-bond donors (Lipinski definition) is 1. The fraction of sp³-hybridized carbons (Fsp3) is 0.409. The van der Waals surface area contributed by atoms with Crippen LogP contribution in [0, 0.1) is 5.92 Å². The zero-order chi connectivity index (χ0) is 19.0. The molecule has 0 saturated carbocycles. The normalized spacial score (nSPS) is 24.0. The highest BCUT2D eigenvalue weighted by Crippen LogP contribution is 2.40. The first-order valence-corrected chi connectivity index (χ1v) is 9.50. The second-order valence-corrected chi connectivity index (χ2v) is 7.94. The van der Waals surface area contributed by atoms with E-state index in [1.54, 1.807) is 0 Å². The molecule has 2 heterocycles. The molecule has 1 aromatic heterocycles. The largest absolute Gasteiger partial charge is 0.337 e. The molecule has 0 radical (unpaired) electrons. The molecule has 1 N–H and O–H groups in total. The number of nitrogens with one attached hydrogen (secondary N) is 1. The lowest BCUT2D eigenvalue weighted by Gasteiger charge is -2.45. The smallest absolute Gasteiger partial charge is 0.295 e. The molecule has 2 atom stereocenters. The molecule has 4 rings (SSSR count). The average molecular weight is 369 g/mol. The molecule has 27 heavy (non-hydrogen) atoms. The van der Waals surface area contributed by atoms with Crippen molar-refractivity contribution in [3.63, 3.8) is 0 Å². The molecule has 0 bridgehead atoms. The van der Waals surface area contributed by atoms with Crippen LogP contribution in [0.4, 0.5) is 8.78 Å². The summed E-state index contributed by atoms with van der Waals surface area (Å²) in [5.41, 5.74) is 3.85. The number of alkyl halides is 2. The molecular weight excluding hydrogens is 344 g/mol. The Kier molecular flexibility index (Phi) is 4.72. The first kappa shape index (κ1) is 18.1. The zero-order valence-corrected chi connectivity index (χ0v) is 15.8. The minimum absolute atomic E-state index is 0.0192. The fourth-order valence-electron chi connectivity index (χ4n) is 4.22. The van der Waals surface area contributed by atoms with Crippen molar-refractivity contribution in [1.82, 2.24) is 14.9 Å². The summed E-state index contributed by atoms with van der Waals surface area (Å²) in [4.78, 5) is 9.30. The second-order valence-electron chi connectivity index (χ2n) is 7.94. The molecule has 1 saturated heterocycles. The standard InChI is InChI=1S/C22H25F2N3/c1-15-13-27(14-16-6-4-3-5-7-16)11-10-22(15,2)17-8-9-18-19(12-17)26-21(25-18)20(23)24/h3-9,12,15,20H,10-11,13-14H2,1-2H3,(H,25,26). The van der Waals surface area contributed by atoms with Crippen LogP contribution in [0.1, 0.15) is 43.6 Å². The number of fused-ring (bicyclic) bond motifs is 1. The van der Waals surface area contributed by atoms with Crippen molar-refractivity contribution in [1.29, 1.82) is 0 Å². The molecule has 2 aromatic carbocycles. The van der Waals surface area contributed by atoms with Gasteiger partial charge in [0, 0.05) is 13.1 Å². The number of halogens is 2. The number of benzene rings is 2. The molecule has 142 valence electrons. The van der Waals surface area contributed by atoms with Crippen molar-refractivity contribution >= 4 is 11.0 Å². The summed E-state index contributed by atoms with van der Waals surface area (Å²) in [7, 11) is 0. The minimum Gasteiger partial charge on any atom is -0.337 e. The maximum Gasteiger partial charge on any atom is 0.295 e. The molecule has 1 fully saturated rings. The van der Waals surface area contributed by atoms with Crippen LogP contribution in [0.25, 0.3) is 11.0 Å². The molecule has 1 aliphatic rings. The van der Waals surface area contributed by atoms with Crippen LogP contribution in [0.2, 0.25) is 0 Å². The first-order valence-electron chi connectivity index (χ1n) is 9.50. The Morgan fingerprint density at radius 2 is 2.00 bits per heavy atom. The van der Waals surface area contributed by atoms with E-state index < -0.39 is 6.43 Å². The van der Waals surface area contributed by atoms with Crippen LogP contribution in [-0.4, -0.2) is 28.0 Å². The topological polar surface area (TPSA) is 31.9 Å². The van der Waals surface area contributed by atoms with Gasteiger partial charge in [-0.25, -0.2) is 13.8 Å². The highest BCUT2D eigenvalue weighted by Gasteiger charge is 2.38. The van der Waals surface area contributed by atoms with Crippen molar-refractivity contribution < 1.29 is 8.78 Å². The summed E-state index contributed by atoms with van der Waals surface area (Å²) in [6, 6.07) is 16.5. The van der Waals surface area contributed by atoms with Crippen LogP contribution < -0.4 is 0 Å². The van der Waals surface area contributed by atoms with E-state index in [0.29, 0.717) is 17.0 Å². The van der Waals surface area contributed by atoms with E-state index in [0.717, 1.165) is 26.1 Å². The predicted octanol–water partition coefficient (Wildman–Crippen LogP) is 5.30. The number of piperidine rings is 1. The number of H-pyrrole nitrogens is 1. The number of imidazole rings is 1. The third-order valence-corrected chi connectivity index (χ3v) is 6.18. The van der Waals surface area contributed by atoms with Gasteiger partial charge < -0.3 is 4.98 Å². The monoisotopic (exact) mass is 369 g/mol. The Balaban J connectivity index is 1.54. The molecule has 0 spiro atoms. The van der Waals surface area contributed by atoms with Crippen molar-refractivity contribution in [2.24, 2.45) is 5.92 Å². The summed E-state index contributed by atoms with van der Waals surface area (Å²) in [5.74, 6) is 0.207. The lowest BCUT2D eigenvalue weighted by Crippen LogP contribution is -2.46. The summed E-state index contributed by atoms with van der Waals surface area (Å²) < 4.78 is 25.8. The summed E-state index contributed by atoms with van der Waals surface area (Å²) in [5, 5.41) is 0. The number of hydrogen-bond acceptors (Lipinski definition) is 2. The predicted molar refractivity (Wildman–Crippen MR) is 104 cm³/mol. The number of likely N-dealkylation sites (tertiary alicyclic amines) is 1. The maximum atomic E-state index is 12.9. The van der Waals surface area contributed by atoms with Gasteiger partial charge in [-0.15, -0.1) is 0 Å². The zero-order valence-electron chi connectivity index (χ0n) is 15.8. The molecule has 2 unspecified atom stereocenters. The molecular formula is C22H25F2N3. The highest BCUT2D eigenvalue weighted by atomic mass is 19.3. The van der Waals surface area contributed by atoms with E-state index in [2.05, 4.69) is 59.0 Å². The lowest BCUT2D eigenvalue weighted by molar-refractivity contribution is 0.105. The number of aromatic amines is 1. The Morgan fingerprint density at radius 3 is 2.70 bits per heavy atom. The maximum absolute atomic E-state index is 12.9. The molecule has 0 aliphatic carbocycles. The van der Waals surface area contributed by atoms with Crippen molar-refractivity contribution in [2.75, 3.05) is 13.1 Å². The van der Waals surface area contributed by atoms with E-state index in [4.69, 9.17) is 0 Å². The van der Waals surface area contributed by atoms with E-state index >= 15 is 0 Å². The molecule has 0 amide bonds. The molecule has 1 aliphatic heterocycles. The number of nitrogens with zero attached hydrogens (tertiary/aromatic N) is 2. The van der Waals surface area contributed by atoms with Crippen molar-refractivity contribution in [2.45, 2.75) is 38.7 Å². The van der Waals surface area contributed by atoms with Crippen LogP contribution in [0.5, 0.6) is 0 Å². The fourth-order valence-corrected chi connectivity index (χ4v) is 4.22. The van der Waals surface area contributed by atoms with Crippen LogP contribution in [-0.2, 0) is 12.0 Å². The van der Waals surface area contributed by atoms with Crippen LogP contribution in [0.3, 0.4) is 0 Å². The quantitative estimate of drug-likeness (QED) is 0.677. The van der Waals surface area contributed by atoms with Gasteiger partial charge in [0.1, 0.15) is 0 Å². The van der Waals surface area contributed by atoms with Crippen molar-refractivity contribution in [3.8, 4) is 0 Å². The van der Waals surface area contributed by atoms with Crippen molar-refractivity contribution in [3.05, 3.63) is 65.5 Å². The number of aromatic nitrogens is 2. The third kappa shape index (κ3) is 3.48. The van der Waals surface area contributed by atoms with Gasteiger partial charge in [-0.1, -0.05) is 50.2 Å². The Bertz CT molecular complexity index is 922. The van der Waals surface area contributed by atoms with E-state index in [1.165, 1.54) is 11.1 Å². The van der Waals surface area contributed by atoms with Gasteiger partial charge in [0.15, 0.2) is 5.82 Å². The van der Waals surface area contributed by atoms with E-state index in [-0.39, 0.29) is 11.2 Å². The minimum atomic E-state index is -2.57. The SMILES string of the molecule is CC1CN(Cc2ccccc2)CCC1(C)c1ccc2[nH]c(C(F)F)nc2c1. The second kappa shape index (κ2) is 7.04. The van der Waals surface area contributed by atoms with Crippen LogP contribution >= 0.6 is 0 Å². The van der Waals surface area contributed by atoms with Gasteiger partial charge in [-0.3, -0.25) is 4.90 Å². The summed E-state index contributed by atoms with van der Waals surface area (Å²) >= 11 is 0. The van der Waals surface area contributed by atoms with Gasteiger partial charge in [0.2, 0.25) is 0 Å². The molecule has 5 heteroatoms. The lowest BCUT2D eigenvalue weighted by atomic mass is 9.68. The van der Waals surface area contributed by atoms with Gasteiger partial charge >= 0.3 is 0 Å². The average Bonchev–Trinajstić information content (AvgIpc) is 3.09. The summed E-state index contributed by atoms with van der Waals surface area (Å²) in [6.07, 6.45) is -1.53. The Hall–Kier alpha value is -2.27. The summed E-state index contributed by atoms with van der Waals surface area (Å²) in [6.45, 7) is 7.59.